The first-order valence-corrected chi connectivity index (χ1v) is 11.8. The van der Waals surface area contributed by atoms with Gasteiger partial charge in [-0.2, -0.15) is 12.6 Å². The Hall–Kier alpha value is -3.07. The molecule has 5 unspecified atom stereocenters. The van der Waals surface area contributed by atoms with Crippen molar-refractivity contribution in [1.82, 2.24) is 16.0 Å². The highest BCUT2D eigenvalue weighted by atomic mass is 32.1. The number of amides is 4. The average molecular weight is 519 g/mol. The van der Waals surface area contributed by atoms with E-state index in [-0.39, 0.29) is 49.9 Å². The Labute approximate surface area is 209 Å². The van der Waals surface area contributed by atoms with Gasteiger partial charge >= 0.3 is 5.97 Å². The summed E-state index contributed by atoms with van der Waals surface area (Å²) in [5.41, 5.74) is 21.3. The van der Waals surface area contributed by atoms with Gasteiger partial charge < -0.3 is 44.0 Å². The van der Waals surface area contributed by atoms with E-state index in [2.05, 4.69) is 33.6 Å². The Kier molecular flexibility index (Phi) is 15.1. The molecule has 0 spiro atoms. The van der Waals surface area contributed by atoms with Gasteiger partial charge in [-0.25, -0.2) is 4.79 Å². The number of nitrogens with zero attached hydrogens (tertiary/aromatic N) is 1. The highest BCUT2D eigenvalue weighted by molar-refractivity contribution is 7.80. The van der Waals surface area contributed by atoms with E-state index in [1.807, 2.05) is 6.92 Å². The number of carbonyl (C=O) groups excluding carboxylic acids is 4. The van der Waals surface area contributed by atoms with Crippen LogP contribution in [0, 0.1) is 5.92 Å². The van der Waals surface area contributed by atoms with Gasteiger partial charge in [-0.05, 0) is 25.2 Å². The Morgan fingerprint density at radius 2 is 1.54 bits per heavy atom. The third-order valence-electron chi connectivity index (χ3n) is 5.20. The fourth-order valence-corrected chi connectivity index (χ4v) is 3.06. The molecule has 0 saturated carbocycles. The van der Waals surface area contributed by atoms with Crippen LogP contribution in [0.15, 0.2) is 4.99 Å². The fraction of sp³-hybridized carbons (Fsp3) is 0.700. The van der Waals surface area contributed by atoms with Crippen molar-refractivity contribution in [2.75, 3.05) is 12.3 Å². The molecule has 0 radical (unpaired) electrons. The van der Waals surface area contributed by atoms with Crippen molar-refractivity contribution in [1.29, 1.82) is 0 Å². The van der Waals surface area contributed by atoms with Gasteiger partial charge in [-0.1, -0.05) is 20.3 Å². The largest absolute Gasteiger partial charge is 0.480 e. The number of rotatable bonds is 17. The second-order valence-electron chi connectivity index (χ2n) is 8.08. The van der Waals surface area contributed by atoms with Gasteiger partial charge in [-0.15, -0.1) is 0 Å². The molecule has 0 aliphatic heterocycles. The van der Waals surface area contributed by atoms with E-state index in [1.165, 1.54) is 0 Å². The van der Waals surface area contributed by atoms with Crippen molar-refractivity contribution in [3.8, 4) is 0 Å². The van der Waals surface area contributed by atoms with Gasteiger partial charge in [0.25, 0.3) is 0 Å². The Morgan fingerprint density at radius 3 is 2.03 bits per heavy atom. The maximum Gasteiger partial charge on any atom is 0.326 e. The van der Waals surface area contributed by atoms with Gasteiger partial charge in [0, 0.05) is 18.7 Å². The Balaban J connectivity index is 5.65. The van der Waals surface area contributed by atoms with Gasteiger partial charge in [0.05, 0.1) is 6.04 Å². The number of hydrogen-bond donors (Lipinski definition) is 9. The molecule has 0 aromatic heterocycles. The van der Waals surface area contributed by atoms with Crippen molar-refractivity contribution in [3.63, 3.8) is 0 Å². The van der Waals surface area contributed by atoms with E-state index < -0.39 is 53.8 Å². The van der Waals surface area contributed by atoms with E-state index in [0.717, 1.165) is 0 Å². The van der Waals surface area contributed by atoms with Crippen LogP contribution >= 0.6 is 12.6 Å². The SMILES string of the molecule is CCC(C)C(NC(=O)C(N)CS)C(=O)NC(CCCN=C(N)N)C(=O)NC(CCC(N)=O)C(=O)O. The zero-order valence-corrected chi connectivity index (χ0v) is 20.9. The average Bonchev–Trinajstić information content (AvgIpc) is 2.79. The minimum Gasteiger partial charge on any atom is -0.480 e. The molecule has 0 bridgehead atoms. The van der Waals surface area contributed by atoms with Gasteiger partial charge in [-0.3, -0.25) is 24.2 Å². The molecule has 200 valence electrons. The zero-order valence-electron chi connectivity index (χ0n) is 20.0. The number of aliphatic imine (C=N–C) groups is 1. The highest BCUT2D eigenvalue weighted by Gasteiger charge is 2.32. The fourth-order valence-electron chi connectivity index (χ4n) is 2.90. The van der Waals surface area contributed by atoms with E-state index in [4.69, 9.17) is 22.9 Å². The Morgan fingerprint density at radius 1 is 0.943 bits per heavy atom. The first-order valence-electron chi connectivity index (χ1n) is 11.2. The molecule has 0 aromatic carbocycles. The van der Waals surface area contributed by atoms with E-state index in [9.17, 15) is 29.1 Å². The standard InChI is InChI=1S/C20H38N8O6S/c1-3-10(2)15(28-16(30)11(21)9-35)18(32)26-12(5-4-8-25-20(23)24)17(31)27-13(19(33)34)6-7-14(22)29/h10-13,15,35H,3-9,21H2,1-2H3,(H2,22,29)(H,26,32)(H,27,31)(H,28,30)(H,33,34)(H4,23,24,25). The van der Waals surface area contributed by atoms with Gasteiger partial charge in [0.15, 0.2) is 5.96 Å². The molecule has 0 rings (SSSR count). The van der Waals surface area contributed by atoms with Crippen LogP contribution in [0.4, 0.5) is 0 Å². The molecule has 12 N–H and O–H groups in total. The van der Waals surface area contributed by atoms with Crippen LogP contribution in [-0.2, 0) is 24.0 Å². The molecule has 0 aliphatic carbocycles. The minimum atomic E-state index is -1.40. The maximum atomic E-state index is 13.1. The second kappa shape index (κ2) is 16.5. The summed E-state index contributed by atoms with van der Waals surface area (Å²) < 4.78 is 0. The lowest BCUT2D eigenvalue weighted by Gasteiger charge is -2.27. The number of nitrogens with one attached hydrogen (secondary N) is 3. The van der Waals surface area contributed by atoms with Crippen LogP contribution in [0.5, 0.6) is 0 Å². The first-order chi connectivity index (χ1) is 16.3. The molecule has 15 heteroatoms. The third-order valence-corrected chi connectivity index (χ3v) is 5.59. The summed E-state index contributed by atoms with van der Waals surface area (Å²) in [5, 5.41) is 16.8. The number of hydrogen-bond acceptors (Lipinski definition) is 8. The molecular formula is C20H38N8O6S. The molecule has 0 saturated heterocycles. The molecule has 14 nitrogen and oxygen atoms in total. The smallest absolute Gasteiger partial charge is 0.326 e. The molecule has 35 heavy (non-hydrogen) atoms. The maximum absolute atomic E-state index is 13.1. The number of carbonyl (C=O) groups is 5. The summed E-state index contributed by atoms with van der Waals surface area (Å²) in [4.78, 5) is 64.6. The first kappa shape index (κ1) is 31.9. The second-order valence-corrected chi connectivity index (χ2v) is 8.44. The van der Waals surface area contributed by atoms with E-state index in [0.29, 0.717) is 6.42 Å². The summed E-state index contributed by atoms with van der Waals surface area (Å²) in [6, 6.07) is -4.51. The summed E-state index contributed by atoms with van der Waals surface area (Å²) >= 11 is 3.98. The monoisotopic (exact) mass is 518 g/mol. The molecule has 0 aliphatic rings. The lowest BCUT2D eigenvalue weighted by atomic mass is 9.97. The number of aliphatic carboxylic acids is 1. The minimum absolute atomic E-state index is 0.0633. The summed E-state index contributed by atoms with van der Waals surface area (Å²) in [5.74, 6) is -4.49. The van der Waals surface area contributed by atoms with Crippen molar-refractivity contribution in [2.45, 2.75) is 70.1 Å². The summed E-state index contributed by atoms with van der Waals surface area (Å²) in [6.07, 6.45) is 0.391. The number of thiol groups is 1. The number of carboxylic acids is 1. The van der Waals surface area contributed by atoms with Crippen molar-refractivity contribution >= 4 is 48.2 Å². The number of guanidine groups is 1. The Bertz CT molecular complexity index is 777. The molecular weight excluding hydrogens is 480 g/mol. The summed E-state index contributed by atoms with van der Waals surface area (Å²) in [6.45, 7) is 3.73. The molecule has 5 atom stereocenters. The number of carboxylic acid groups (broad SMARTS) is 1. The van der Waals surface area contributed by atoms with E-state index >= 15 is 0 Å². The van der Waals surface area contributed by atoms with Gasteiger partial charge in [0.2, 0.25) is 23.6 Å². The van der Waals surface area contributed by atoms with Crippen molar-refractivity contribution < 1.29 is 29.1 Å². The van der Waals surface area contributed by atoms with Gasteiger partial charge in [0.1, 0.15) is 18.1 Å². The predicted molar refractivity (Wildman–Crippen MR) is 133 cm³/mol. The van der Waals surface area contributed by atoms with Crippen LogP contribution in [-0.4, -0.2) is 77.1 Å². The summed E-state index contributed by atoms with van der Waals surface area (Å²) in [7, 11) is 0. The third kappa shape index (κ3) is 12.8. The predicted octanol–water partition coefficient (Wildman–Crippen LogP) is -2.85. The lowest BCUT2D eigenvalue weighted by Crippen LogP contribution is -2.58. The topological polar surface area (TPSA) is 258 Å². The normalized spacial score (nSPS) is 15.0. The quantitative estimate of drug-likeness (QED) is 0.0414. The van der Waals surface area contributed by atoms with Crippen LogP contribution in [0.1, 0.15) is 46.0 Å². The van der Waals surface area contributed by atoms with E-state index in [1.54, 1.807) is 6.92 Å². The van der Waals surface area contributed by atoms with Crippen LogP contribution in [0.2, 0.25) is 0 Å². The zero-order chi connectivity index (χ0) is 27.1. The molecule has 0 aromatic rings. The molecule has 0 heterocycles. The van der Waals surface area contributed by atoms with Crippen molar-refractivity contribution in [3.05, 3.63) is 0 Å². The number of nitrogens with two attached hydrogens (primary N) is 4. The molecule has 4 amide bonds. The number of primary amides is 1. The van der Waals surface area contributed by atoms with Crippen LogP contribution < -0.4 is 38.9 Å². The van der Waals surface area contributed by atoms with Crippen molar-refractivity contribution in [2.24, 2.45) is 33.8 Å². The van der Waals surface area contributed by atoms with Crippen LogP contribution in [0.3, 0.4) is 0 Å². The lowest BCUT2D eigenvalue weighted by molar-refractivity contribution is -0.142. The molecule has 0 fully saturated rings. The van der Waals surface area contributed by atoms with Crippen LogP contribution in [0.25, 0.3) is 0 Å². The highest BCUT2D eigenvalue weighted by Crippen LogP contribution is 2.10.